The Kier molecular flexibility index (Phi) is 5.81. The molecule has 0 saturated heterocycles. The highest BCUT2D eigenvalue weighted by molar-refractivity contribution is 6.04. The van der Waals surface area contributed by atoms with E-state index in [0.29, 0.717) is 17.1 Å². The summed E-state index contributed by atoms with van der Waals surface area (Å²) in [5, 5.41) is 5.80. The fraction of sp³-hybridized carbons (Fsp3) is 0.100. The number of esters is 1. The molecule has 0 aliphatic heterocycles. The van der Waals surface area contributed by atoms with E-state index in [4.69, 9.17) is 4.74 Å². The number of benzene rings is 2. The van der Waals surface area contributed by atoms with Crippen LogP contribution in [0.15, 0.2) is 60.9 Å². The second-order valence-electron chi connectivity index (χ2n) is 5.67. The van der Waals surface area contributed by atoms with Gasteiger partial charge in [0, 0.05) is 17.4 Å². The smallest absolute Gasteiger partial charge is 0.337 e. The van der Waals surface area contributed by atoms with Crippen LogP contribution < -0.4 is 15.4 Å². The zero-order valence-electron chi connectivity index (χ0n) is 15.3. The van der Waals surface area contributed by atoms with Crippen LogP contribution in [0.1, 0.15) is 20.8 Å². The van der Waals surface area contributed by atoms with E-state index in [2.05, 4.69) is 25.3 Å². The Morgan fingerprint density at radius 1 is 0.929 bits per heavy atom. The Morgan fingerprint density at radius 2 is 1.71 bits per heavy atom. The van der Waals surface area contributed by atoms with Crippen LogP contribution in [0, 0.1) is 0 Å². The van der Waals surface area contributed by atoms with Gasteiger partial charge in [0.05, 0.1) is 19.8 Å². The highest BCUT2D eigenvalue weighted by Crippen LogP contribution is 2.19. The van der Waals surface area contributed by atoms with Gasteiger partial charge in [-0.3, -0.25) is 4.79 Å². The fourth-order valence-electron chi connectivity index (χ4n) is 2.41. The average molecular weight is 378 g/mol. The third-order valence-corrected chi connectivity index (χ3v) is 3.80. The Labute approximate surface area is 161 Å². The largest absolute Gasteiger partial charge is 0.497 e. The van der Waals surface area contributed by atoms with Gasteiger partial charge in [-0.2, -0.15) is 0 Å². The normalized spacial score (nSPS) is 10.1. The van der Waals surface area contributed by atoms with E-state index in [1.54, 1.807) is 25.3 Å². The minimum absolute atomic E-state index is 0.175. The maximum absolute atomic E-state index is 12.5. The van der Waals surface area contributed by atoms with Crippen molar-refractivity contribution >= 4 is 29.1 Å². The molecular weight excluding hydrogens is 360 g/mol. The Bertz CT molecular complexity index is 990. The van der Waals surface area contributed by atoms with Crippen LogP contribution in [0.2, 0.25) is 0 Å². The molecule has 0 atom stereocenters. The lowest BCUT2D eigenvalue weighted by molar-refractivity contribution is 0.0600. The Hall–Kier alpha value is -3.94. The monoisotopic (exact) mass is 378 g/mol. The topological polar surface area (TPSA) is 102 Å². The zero-order chi connectivity index (χ0) is 19.9. The predicted octanol–water partition coefficient (Wildman–Crippen LogP) is 3.27. The highest BCUT2D eigenvalue weighted by atomic mass is 16.5. The van der Waals surface area contributed by atoms with Crippen LogP contribution in [-0.4, -0.2) is 36.1 Å². The summed E-state index contributed by atoms with van der Waals surface area (Å²) in [6.07, 6.45) is 1.30. The number of amides is 1. The number of hydrogen-bond donors (Lipinski definition) is 2. The van der Waals surface area contributed by atoms with E-state index in [9.17, 15) is 9.59 Å². The van der Waals surface area contributed by atoms with Crippen LogP contribution >= 0.6 is 0 Å². The first-order valence-corrected chi connectivity index (χ1v) is 8.32. The number of hydrogen-bond acceptors (Lipinski definition) is 7. The first-order valence-electron chi connectivity index (χ1n) is 8.32. The molecule has 0 bridgehead atoms. The summed E-state index contributed by atoms with van der Waals surface area (Å²) in [6.45, 7) is 0. The van der Waals surface area contributed by atoms with Gasteiger partial charge < -0.3 is 20.1 Å². The van der Waals surface area contributed by atoms with Gasteiger partial charge in [-0.1, -0.05) is 6.07 Å². The van der Waals surface area contributed by atoms with Crippen molar-refractivity contribution in [2.45, 2.75) is 0 Å². The predicted molar refractivity (Wildman–Crippen MR) is 104 cm³/mol. The molecule has 0 radical (unpaired) electrons. The third-order valence-electron chi connectivity index (χ3n) is 3.80. The SMILES string of the molecule is COC(=O)c1cccc(NC(=O)c2cc(Nc3ccc(OC)cc3)ncn2)c1. The molecule has 3 rings (SSSR count). The molecule has 3 aromatic rings. The molecular formula is C20H18N4O4. The summed E-state index contributed by atoms with van der Waals surface area (Å²) < 4.78 is 9.80. The summed E-state index contributed by atoms with van der Waals surface area (Å²) in [4.78, 5) is 32.2. The van der Waals surface area contributed by atoms with Crippen molar-refractivity contribution < 1.29 is 19.1 Å². The van der Waals surface area contributed by atoms with Crippen molar-refractivity contribution in [3.05, 3.63) is 72.2 Å². The van der Waals surface area contributed by atoms with Gasteiger partial charge in [-0.25, -0.2) is 14.8 Å². The van der Waals surface area contributed by atoms with E-state index in [-0.39, 0.29) is 5.69 Å². The zero-order valence-corrected chi connectivity index (χ0v) is 15.3. The van der Waals surface area contributed by atoms with E-state index in [0.717, 1.165) is 11.4 Å². The number of nitrogens with zero attached hydrogens (tertiary/aromatic N) is 2. The summed E-state index contributed by atoms with van der Waals surface area (Å²) in [5.74, 6) is 0.294. The number of carbonyl (C=O) groups excluding carboxylic acids is 2. The van der Waals surface area contributed by atoms with Crippen molar-refractivity contribution in [3.63, 3.8) is 0 Å². The molecule has 1 amide bonds. The van der Waals surface area contributed by atoms with Crippen molar-refractivity contribution in [3.8, 4) is 5.75 Å². The molecule has 0 aliphatic rings. The van der Waals surface area contributed by atoms with Gasteiger partial charge in [0.15, 0.2) is 0 Å². The number of ether oxygens (including phenoxy) is 2. The van der Waals surface area contributed by atoms with Gasteiger partial charge in [0.25, 0.3) is 5.91 Å². The molecule has 0 unspecified atom stereocenters. The quantitative estimate of drug-likeness (QED) is 0.635. The van der Waals surface area contributed by atoms with Crippen LogP contribution in [0.4, 0.5) is 17.2 Å². The fourth-order valence-corrected chi connectivity index (χ4v) is 2.41. The molecule has 1 aromatic heterocycles. The number of rotatable bonds is 6. The van der Waals surface area contributed by atoms with Crippen LogP contribution in [-0.2, 0) is 4.74 Å². The van der Waals surface area contributed by atoms with Gasteiger partial charge >= 0.3 is 5.97 Å². The van der Waals surface area contributed by atoms with E-state index < -0.39 is 11.9 Å². The number of aromatic nitrogens is 2. The number of nitrogens with one attached hydrogen (secondary N) is 2. The summed E-state index contributed by atoms with van der Waals surface area (Å²) in [7, 11) is 2.89. The lowest BCUT2D eigenvalue weighted by atomic mass is 10.2. The van der Waals surface area contributed by atoms with Crippen LogP contribution in [0.25, 0.3) is 0 Å². The Balaban J connectivity index is 1.72. The van der Waals surface area contributed by atoms with Gasteiger partial charge in [-0.15, -0.1) is 0 Å². The van der Waals surface area contributed by atoms with Crippen molar-refractivity contribution in [2.75, 3.05) is 24.9 Å². The Morgan fingerprint density at radius 3 is 2.43 bits per heavy atom. The van der Waals surface area contributed by atoms with Gasteiger partial charge in [0.2, 0.25) is 0 Å². The average Bonchev–Trinajstić information content (AvgIpc) is 2.74. The second kappa shape index (κ2) is 8.63. The molecule has 0 spiro atoms. The molecule has 28 heavy (non-hydrogen) atoms. The first kappa shape index (κ1) is 18.8. The second-order valence-corrected chi connectivity index (χ2v) is 5.67. The van der Waals surface area contributed by atoms with Crippen LogP contribution in [0.5, 0.6) is 5.75 Å². The van der Waals surface area contributed by atoms with Gasteiger partial charge in [0.1, 0.15) is 23.6 Å². The standard InChI is InChI=1S/C20H18N4O4/c1-27-16-8-6-14(7-9-16)23-18-11-17(21-12-22-18)19(25)24-15-5-3-4-13(10-15)20(26)28-2/h3-12H,1-2H3,(H,24,25)(H,21,22,23). The number of anilines is 3. The molecule has 8 heteroatoms. The first-order chi connectivity index (χ1) is 13.6. The summed E-state index contributed by atoms with van der Waals surface area (Å²) in [6, 6.07) is 15.3. The minimum atomic E-state index is -0.482. The molecule has 142 valence electrons. The summed E-state index contributed by atoms with van der Waals surface area (Å²) >= 11 is 0. The molecule has 1 heterocycles. The minimum Gasteiger partial charge on any atom is -0.497 e. The molecule has 0 saturated carbocycles. The van der Waals surface area contributed by atoms with Crippen LogP contribution in [0.3, 0.4) is 0 Å². The van der Waals surface area contributed by atoms with Crippen molar-refractivity contribution in [1.29, 1.82) is 0 Å². The molecule has 0 aliphatic carbocycles. The van der Waals surface area contributed by atoms with E-state index in [1.807, 2.05) is 24.3 Å². The number of methoxy groups -OCH3 is 2. The lowest BCUT2D eigenvalue weighted by Crippen LogP contribution is -2.15. The molecule has 8 nitrogen and oxygen atoms in total. The van der Waals surface area contributed by atoms with Crippen molar-refractivity contribution in [1.82, 2.24) is 9.97 Å². The third kappa shape index (κ3) is 4.61. The number of carbonyl (C=O) groups is 2. The molecule has 2 N–H and O–H groups in total. The van der Waals surface area contributed by atoms with Gasteiger partial charge in [-0.05, 0) is 42.5 Å². The maximum Gasteiger partial charge on any atom is 0.337 e. The molecule has 0 fully saturated rings. The molecule has 2 aromatic carbocycles. The highest BCUT2D eigenvalue weighted by Gasteiger charge is 2.11. The maximum atomic E-state index is 12.5. The lowest BCUT2D eigenvalue weighted by Gasteiger charge is -2.09. The van der Waals surface area contributed by atoms with E-state index in [1.165, 1.54) is 25.6 Å². The van der Waals surface area contributed by atoms with Crippen molar-refractivity contribution in [2.24, 2.45) is 0 Å². The van der Waals surface area contributed by atoms with E-state index >= 15 is 0 Å². The summed E-state index contributed by atoms with van der Waals surface area (Å²) in [5.41, 5.74) is 1.76.